The minimum absolute atomic E-state index is 0.833. The van der Waals surface area contributed by atoms with Gasteiger partial charge in [-0.15, -0.1) is 0 Å². The average Bonchev–Trinajstić information content (AvgIpc) is 1.76. The molecule has 0 spiro atoms. The number of nitrogens with zero attached hydrogens (tertiary/aromatic N) is 1. The third kappa shape index (κ3) is 602. The quantitative estimate of drug-likeness (QED) is 0.562. The van der Waals surface area contributed by atoms with E-state index in [2.05, 4.69) is 0 Å². The standard InChI is InChI=1S/C3H9N.3C2H4O2/c1-4(2)3;3*1-2(3)4/h1-3H3;3*1H3,(H,3,4). The molecule has 0 radical (unpaired) electrons. The minimum atomic E-state index is -0.833. The Morgan fingerprint density at radius 2 is 0.688 bits per heavy atom. The Morgan fingerprint density at radius 3 is 0.688 bits per heavy atom. The molecular weight excluding hydrogens is 218 g/mol. The summed E-state index contributed by atoms with van der Waals surface area (Å²) in [5.74, 6) is -2.50. The van der Waals surface area contributed by atoms with Crippen molar-refractivity contribution in [2.24, 2.45) is 0 Å². The van der Waals surface area contributed by atoms with Gasteiger partial charge >= 0.3 is 0 Å². The van der Waals surface area contributed by atoms with E-state index in [0.29, 0.717) is 0 Å². The van der Waals surface area contributed by atoms with E-state index in [1.54, 1.807) is 0 Å². The molecule has 0 atom stereocenters. The molecule has 3 N–H and O–H groups in total. The second kappa shape index (κ2) is 19.0. The number of rotatable bonds is 0. The molecule has 0 rings (SSSR count). The number of carboxylic acid groups (broad SMARTS) is 3. The van der Waals surface area contributed by atoms with Crippen LogP contribution in [0.25, 0.3) is 0 Å². The van der Waals surface area contributed by atoms with Crippen LogP contribution >= 0.6 is 0 Å². The van der Waals surface area contributed by atoms with Crippen LogP contribution in [0.3, 0.4) is 0 Å². The average molecular weight is 239 g/mol. The van der Waals surface area contributed by atoms with Gasteiger partial charge in [0.05, 0.1) is 0 Å². The maximum atomic E-state index is 9.00. The fourth-order valence-corrected chi connectivity index (χ4v) is 0. The monoisotopic (exact) mass is 239 g/mol. The molecule has 0 heterocycles. The lowest BCUT2D eigenvalue weighted by molar-refractivity contribution is -0.135. The van der Waals surface area contributed by atoms with E-state index in [1.807, 2.05) is 26.0 Å². The van der Waals surface area contributed by atoms with E-state index >= 15 is 0 Å². The molecule has 16 heavy (non-hydrogen) atoms. The van der Waals surface area contributed by atoms with E-state index in [0.717, 1.165) is 20.8 Å². The van der Waals surface area contributed by atoms with Crippen molar-refractivity contribution in [3.8, 4) is 0 Å². The van der Waals surface area contributed by atoms with Crippen LogP contribution in [0.15, 0.2) is 0 Å². The van der Waals surface area contributed by atoms with Crippen LogP contribution < -0.4 is 0 Å². The van der Waals surface area contributed by atoms with Crippen LogP contribution in [0.2, 0.25) is 0 Å². The molecule has 0 aromatic carbocycles. The van der Waals surface area contributed by atoms with Crippen molar-refractivity contribution in [3.05, 3.63) is 0 Å². The van der Waals surface area contributed by atoms with Gasteiger partial charge in [0.2, 0.25) is 0 Å². The van der Waals surface area contributed by atoms with Crippen molar-refractivity contribution in [3.63, 3.8) is 0 Å². The highest BCUT2D eigenvalue weighted by Gasteiger charge is 1.66. The first-order chi connectivity index (χ1) is 6.93. The van der Waals surface area contributed by atoms with Crippen LogP contribution in [0.1, 0.15) is 20.8 Å². The van der Waals surface area contributed by atoms with Gasteiger partial charge in [0.15, 0.2) is 0 Å². The second-order valence-corrected chi connectivity index (χ2v) is 2.90. The Hall–Kier alpha value is -1.63. The summed E-state index contributed by atoms with van der Waals surface area (Å²) in [6, 6.07) is 0. The third-order valence-electron chi connectivity index (χ3n) is 0. The summed E-state index contributed by atoms with van der Waals surface area (Å²) in [4.78, 5) is 29.0. The van der Waals surface area contributed by atoms with Gasteiger partial charge in [-0.2, -0.15) is 0 Å². The molecule has 0 saturated heterocycles. The van der Waals surface area contributed by atoms with Crippen LogP contribution in [0.4, 0.5) is 0 Å². The van der Waals surface area contributed by atoms with Gasteiger partial charge in [0.1, 0.15) is 0 Å². The minimum Gasteiger partial charge on any atom is -0.481 e. The number of carbonyl (C=O) groups is 3. The zero-order chi connectivity index (χ0) is 14.3. The lowest BCUT2D eigenvalue weighted by Gasteiger charge is -1.90. The Bertz CT molecular complexity index is 147. The first kappa shape index (κ1) is 23.9. The van der Waals surface area contributed by atoms with Gasteiger partial charge in [-0.1, -0.05) is 0 Å². The Morgan fingerprint density at radius 1 is 0.688 bits per heavy atom. The summed E-state index contributed by atoms with van der Waals surface area (Å²) in [7, 11) is 6.00. The van der Waals surface area contributed by atoms with E-state index < -0.39 is 17.9 Å². The second-order valence-electron chi connectivity index (χ2n) is 2.90. The van der Waals surface area contributed by atoms with Crippen molar-refractivity contribution < 1.29 is 29.7 Å². The zero-order valence-electron chi connectivity index (χ0n) is 10.5. The summed E-state index contributed by atoms with van der Waals surface area (Å²) < 4.78 is 0. The third-order valence-corrected chi connectivity index (χ3v) is 0. The van der Waals surface area contributed by atoms with Gasteiger partial charge in [0.25, 0.3) is 17.9 Å². The van der Waals surface area contributed by atoms with Crippen LogP contribution in [0.5, 0.6) is 0 Å². The van der Waals surface area contributed by atoms with Gasteiger partial charge < -0.3 is 20.2 Å². The predicted octanol–water partition coefficient (Wildman–Crippen LogP) is 0.451. The SMILES string of the molecule is CC(=O)O.CC(=O)O.CC(=O)O.CN(C)C. The number of hydrogen-bond donors (Lipinski definition) is 3. The van der Waals surface area contributed by atoms with E-state index in [4.69, 9.17) is 29.7 Å². The summed E-state index contributed by atoms with van der Waals surface area (Å²) in [6.07, 6.45) is 0. The van der Waals surface area contributed by atoms with Crippen molar-refractivity contribution in [2.45, 2.75) is 20.8 Å². The normalized spacial score (nSPS) is 6.94. The largest absolute Gasteiger partial charge is 0.481 e. The molecule has 0 aromatic heterocycles. The molecule has 0 unspecified atom stereocenters. The molecule has 0 bridgehead atoms. The lowest BCUT2D eigenvalue weighted by Crippen LogP contribution is -1.99. The topological polar surface area (TPSA) is 115 Å². The van der Waals surface area contributed by atoms with Crippen molar-refractivity contribution in [1.29, 1.82) is 0 Å². The molecule has 0 fully saturated rings. The van der Waals surface area contributed by atoms with Gasteiger partial charge in [0, 0.05) is 20.8 Å². The summed E-state index contributed by atoms with van der Waals surface area (Å²) in [6.45, 7) is 3.25. The molecule has 0 aromatic rings. The van der Waals surface area contributed by atoms with Crippen molar-refractivity contribution in [1.82, 2.24) is 4.90 Å². The molecule has 7 heteroatoms. The number of carboxylic acids is 3. The first-order valence-corrected chi connectivity index (χ1v) is 4.12. The molecule has 0 aliphatic carbocycles. The fourth-order valence-electron chi connectivity index (χ4n) is 0. The van der Waals surface area contributed by atoms with Crippen LogP contribution in [-0.4, -0.2) is 59.3 Å². The van der Waals surface area contributed by atoms with Crippen LogP contribution in [-0.2, 0) is 14.4 Å². The molecule has 0 aliphatic heterocycles. The maximum absolute atomic E-state index is 9.00. The Kier molecular flexibility index (Phi) is 28.4. The van der Waals surface area contributed by atoms with E-state index in [-0.39, 0.29) is 0 Å². The first-order valence-electron chi connectivity index (χ1n) is 4.12. The summed E-state index contributed by atoms with van der Waals surface area (Å²) >= 11 is 0. The molecule has 0 saturated carbocycles. The highest BCUT2D eigenvalue weighted by atomic mass is 16.4. The maximum Gasteiger partial charge on any atom is 0.300 e. The molecule has 98 valence electrons. The molecule has 0 aliphatic rings. The number of hydrogen-bond acceptors (Lipinski definition) is 4. The molecule has 0 amide bonds. The molecular formula is C9H21NO6. The van der Waals surface area contributed by atoms with E-state index in [9.17, 15) is 0 Å². The number of aliphatic carboxylic acids is 3. The lowest BCUT2D eigenvalue weighted by atomic mass is 10.9. The fraction of sp³-hybridized carbons (Fsp3) is 0.667. The summed E-state index contributed by atoms with van der Waals surface area (Å²) in [5.41, 5.74) is 0. The van der Waals surface area contributed by atoms with Gasteiger partial charge in [-0.3, -0.25) is 14.4 Å². The highest BCUT2D eigenvalue weighted by molar-refractivity contribution is 5.63. The van der Waals surface area contributed by atoms with Crippen molar-refractivity contribution >= 4 is 17.9 Å². The van der Waals surface area contributed by atoms with Crippen LogP contribution in [0, 0.1) is 0 Å². The summed E-state index contributed by atoms with van der Waals surface area (Å²) in [5, 5.41) is 22.2. The highest BCUT2D eigenvalue weighted by Crippen LogP contribution is 1.47. The van der Waals surface area contributed by atoms with Gasteiger partial charge in [-0.25, -0.2) is 0 Å². The van der Waals surface area contributed by atoms with Gasteiger partial charge in [-0.05, 0) is 21.1 Å². The zero-order valence-corrected chi connectivity index (χ0v) is 10.5. The Labute approximate surface area is 95.3 Å². The molecule has 7 nitrogen and oxygen atoms in total. The Balaban J connectivity index is -0.0000000600. The van der Waals surface area contributed by atoms with E-state index in [1.165, 1.54) is 0 Å². The van der Waals surface area contributed by atoms with Crippen molar-refractivity contribution in [2.75, 3.05) is 21.1 Å². The predicted molar refractivity (Wildman–Crippen MR) is 59.5 cm³/mol. The smallest absolute Gasteiger partial charge is 0.300 e.